The van der Waals surface area contributed by atoms with Gasteiger partial charge in [0.1, 0.15) is 11.3 Å². The highest BCUT2D eigenvalue weighted by Crippen LogP contribution is 2.22. The molecule has 0 saturated carbocycles. The van der Waals surface area contributed by atoms with Crippen LogP contribution in [0.5, 0.6) is 0 Å². The lowest BCUT2D eigenvalue weighted by molar-refractivity contribution is 0.602. The average molecular weight is 239 g/mol. The lowest BCUT2D eigenvalue weighted by Crippen LogP contribution is -2.04. The highest BCUT2D eigenvalue weighted by Gasteiger charge is 2.16. The van der Waals surface area contributed by atoms with E-state index in [1.165, 1.54) is 6.26 Å². The number of aryl methyl sites for hydroxylation is 1. The molecule has 5 nitrogen and oxygen atoms in total. The van der Waals surface area contributed by atoms with Crippen molar-refractivity contribution in [1.29, 1.82) is 0 Å². The van der Waals surface area contributed by atoms with Crippen LogP contribution in [0.1, 0.15) is 5.82 Å². The first-order valence-electron chi connectivity index (χ1n) is 4.79. The van der Waals surface area contributed by atoms with Crippen LogP contribution in [0.25, 0.3) is 11.0 Å². The number of hydrogen-bond donors (Lipinski definition) is 1. The minimum atomic E-state index is -3.26. The standard InChI is InChI=1S/C10H13N3O2S/c1-13-7-4-3-5-8(16(2,14)15)10(7)12-9(13)6-11/h3-5H,6,11H2,1-2H3. The number of fused-ring (bicyclic) bond motifs is 1. The van der Waals surface area contributed by atoms with E-state index in [2.05, 4.69) is 4.98 Å². The van der Waals surface area contributed by atoms with Crippen LogP contribution in [0.2, 0.25) is 0 Å². The molecular formula is C10H13N3O2S. The molecule has 86 valence electrons. The molecule has 0 fully saturated rings. The van der Waals surface area contributed by atoms with Gasteiger partial charge in [-0.25, -0.2) is 13.4 Å². The summed E-state index contributed by atoms with van der Waals surface area (Å²) in [4.78, 5) is 4.51. The summed E-state index contributed by atoms with van der Waals surface area (Å²) in [7, 11) is -1.43. The monoisotopic (exact) mass is 239 g/mol. The molecular weight excluding hydrogens is 226 g/mol. The zero-order chi connectivity index (χ0) is 11.9. The van der Waals surface area contributed by atoms with Gasteiger partial charge in [-0.15, -0.1) is 0 Å². The van der Waals surface area contributed by atoms with Crippen molar-refractivity contribution in [3.63, 3.8) is 0 Å². The lowest BCUT2D eigenvalue weighted by Gasteiger charge is -2.00. The highest BCUT2D eigenvalue weighted by molar-refractivity contribution is 7.91. The number of nitrogens with two attached hydrogens (primary N) is 1. The Morgan fingerprint density at radius 3 is 2.69 bits per heavy atom. The summed E-state index contributed by atoms with van der Waals surface area (Å²) in [5.74, 6) is 0.672. The van der Waals surface area contributed by atoms with Gasteiger partial charge in [0, 0.05) is 13.3 Å². The number of nitrogens with zero attached hydrogens (tertiary/aromatic N) is 2. The normalized spacial score (nSPS) is 12.2. The average Bonchev–Trinajstić information content (AvgIpc) is 2.54. The van der Waals surface area contributed by atoms with Crippen molar-refractivity contribution in [2.45, 2.75) is 11.4 Å². The molecule has 2 rings (SSSR count). The highest BCUT2D eigenvalue weighted by atomic mass is 32.2. The van der Waals surface area contributed by atoms with E-state index in [4.69, 9.17) is 5.73 Å². The van der Waals surface area contributed by atoms with Crippen LogP contribution in [0.3, 0.4) is 0 Å². The Morgan fingerprint density at radius 2 is 2.12 bits per heavy atom. The van der Waals surface area contributed by atoms with Gasteiger partial charge in [0.15, 0.2) is 9.84 Å². The molecule has 0 amide bonds. The van der Waals surface area contributed by atoms with Crippen molar-refractivity contribution in [2.75, 3.05) is 6.26 Å². The van der Waals surface area contributed by atoms with E-state index in [-0.39, 0.29) is 11.4 Å². The topological polar surface area (TPSA) is 78.0 Å². The van der Waals surface area contributed by atoms with Gasteiger partial charge in [-0.2, -0.15) is 0 Å². The van der Waals surface area contributed by atoms with Crippen molar-refractivity contribution < 1.29 is 8.42 Å². The molecule has 0 spiro atoms. The number of benzene rings is 1. The molecule has 1 aromatic heterocycles. The number of sulfone groups is 1. The summed E-state index contributed by atoms with van der Waals surface area (Å²) in [6.45, 7) is 0.286. The van der Waals surface area contributed by atoms with Crippen molar-refractivity contribution >= 4 is 20.9 Å². The summed E-state index contributed by atoms with van der Waals surface area (Å²) < 4.78 is 25.0. The lowest BCUT2D eigenvalue weighted by atomic mass is 10.3. The molecule has 2 N–H and O–H groups in total. The Hall–Kier alpha value is -1.40. The van der Waals surface area contributed by atoms with Crippen molar-refractivity contribution in [3.05, 3.63) is 24.0 Å². The third-order valence-electron chi connectivity index (χ3n) is 2.55. The fraction of sp³-hybridized carbons (Fsp3) is 0.300. The Labute approximate surface area is 93.8 Å². The first-order valence-corrected chi connectivity index (χ1v) is 6.68. The summed E-state index contributed by atoms with van der Waals surface area (Å²) in [6, 6.07) is 5.10. The van der Waals surface area contributed by atoms with Gasteiger partial charge in [0.05, 0.1) is 17.0 Å². The van der Waals surface area contributed by atoms with E-state index in [1.54, 1.807) is 12.1 Å². The maximum absolute atomic E-state index is 11.6. The van der Waals surface area contributed by atoms with Crippen molar-refractivity contribution in [1.82, 2.24) is 9.55 Å². The van der Waals surface area contributed by atoms with Crippen LogP contribution >= 0.6 is 0 Å². The van der Waals surface area contributed by atoms with Gasteiger partial charge in [-0.3, -0.25) is 0 Å². The first kappa shape index (κ1) is 11.1. The maximum atomic E-state index is 11.6. The quantitative estimate of drug-likeness (QED) is 0.824. The Kier molecular flexibility index (Phi) is 2.47. The zero-order valence-corrected chi connectivity index (χ0v) is 9.95. The number of imidazole rings is 1. The van der Waals surface area contributed by atoms with Gasteiger partial charge < -0.3 is 10.3 Å². The number of hydrogen-bond acceptors (Lipinski definition) is 4. The van der Waals surface area contributed by atoms with E-state index >= 15 is 0 Å². The molecule has 0 aliphatic carbocycles. The largest absolute Gasteiger partial charge is 0.330 e. The molecule has 0 aliphatic heterocycles. The molecule has 1 heterocycles. The summed E-state index contributed by atoms with van der Waals surface area (Å²) in [5, 5.41) is 0. The van der Waals surface area contributed by atoms with Crippen molar-refractivity contribution in [3.8, 4) is 0 Å². The number of rotatable bonds is 2. The molecule has 2 aromatic rings. The van der Waals surface area contributed by atoms with Crippen LogP contribution < -0.4 is 5.73 Å². The fourth-order valence-corrected chi connectivity index (χ4v) is 2.55. The third kappa shape index (κ3) is 1.60. The van der Waals surface area contributed by atoms with E-state index in [9.17, 15) is 8.42 Å². The molecule has 0 atom stereocenters. The fourth-order valence-electron chi connectivity index (χ4n) is 1.72. The predicted octanol–water partition coefficient (Wildman–Crippen LogP) is 0.436. The SMILES string of the molecule is Cn1c(CN)nc2c(S(C)(=O)=O)cccc21. The second kappa shape index (κ2) is 3.57. The zero-order valence-electron chi connectivity index (χ0n) is 9.14. The first-order chi connectivity index (χ1) is 7.45. The number of aromatic nitrogens is 2. The second-order valence-corrected chi connectivity index (χ2v) is 5.67. The van der Waals surface area contributed by atoms with Gasteiger partial charge in [0.2, 0.25) is 0 Å². The molecule has 0 saturated heterocycles. The van der Waals surface area contributed by atoms with E-state index < -0.39 is 9.84 Å². The molecule has 16 heavy (non-hydrogen) atoms. The maximum Gasteiger partial charge on any atom is 0.177 e. The van der Waals surface area contributed by atoms with E-state index in [0.29, 0.717) is 11.3 Å². The van der Waals surface area contributed by atoms with Gasteiger partial charge in [-0.1, -0.05) is 6.07 Å². The van der Waals surface area contributed by atoms with Crippen LogP contribution in [0.15, 0.2) is 23.1 Å². The Morgan fingerprint density at radius 1 is 1.44 bits per heavy atom. The molecule has 0 radical (unpaired) electrons. The van der Waals surface area contributed by atoms with E-state index in [0.717, 1.165) is 5.52 Å². The summed E-state index contributed by atoms with van der Waals surface area (Å²) >= 11 is 0. The van der Waals surface area contributed by atoms with Crippen LogP contribution in [-0.4, -0.2) is 24.2 Å². The van der Waals surface area contributed by atoms with Crippen LogP contribution in [0, 0.1) is 0 Å². The van der Waals surface area contributed by atoms with E-state index in [1.807, 2.05) is 17.7 Å². The smallest absolute Gasteiger partial charge is 0.177 e. The Balaban J connectivity index is 2.89. The molecule has 0 unspecified atom stereocenters. The third-order valence-corrected chi connectivity index (χ3v) is 3.68. The minimum Gasteiger partial charge on any atom is -0.330 e. The molecule has 1 aromatic carbocycles. The molecule has 0 bridgehead atoms. The van der Waals surface area contributed by atoms with Gasteiger partial charge in [-0.05, 0) is 12.1 Å². The predicted molar refractivity (Wildman–Crippen MR) is 61.7 cm³/mol. The Bertz CT molecular complexity index is 643. The molecule has 0 aliphatic rings. The van der Waals surface area contributed by atoms with Gasteiger partial charge in [0.25, 0.3) is 0 Å². The minimum absolute atomic E-state index is 0.250. The summed E-state index contributed by atoms with van der Waals surface area (Å²) in [5.41, 5.74) is 6.82. The van der Waals surface area contributed by atoms with Crippen LogP contribution in [0.4, 0.5) is 0 Å². The van der Waals surface area contributed by atoms with Gasteiger partial charge >= 0.3 is 0 Å². The van der Waals surface area contributed by atoms with Crippen molar-refractivity contribution in [2.24, 2.45) is 12.8 Å². The summed E-state index contributed by atoms with van der Waals surface area (Å²) in [6.07, 6.45) is 1.18. The molecule has 6 heteroatoms. The number of para-hydroxylation sites is 1. The van der Waals surface area contributed by atoms with Crippen LogP contribution in [-0.2, 0) is 23.4 Å². The second-order valence-electron chi connectivity index (χ2n) is 3.69.